The maximum atomic E-state index is 5.59. The fraction of sp³-hybridized carbons (Fsp3) is 0.250. The fourth-order valence-corrected chi connectivity index (χ4v) is 3.49. The summed E-state index contributed by atoms with van der Waals surface area (Å²) in [5.74, 6) is 2.45. The van der Waals surface area contributed by atoms with Crippen LogP contribution in [0.15, 0.2) is 42.6 Å². The highest BCUT2D eigenvalue weighted by molar-refractivity contribution is 5.91. The molecule has 0 N–H and O–H groups in total. The molecule has 0 saturated heterocycles. The van der Waals surface area contributed by atoms with E-state index in [9.17, 15) is 0 Å². The van der Waals surface area contributed by atoms with Gasteiger partial charge in [-0.1, -0.05) is 0 Å². The first-order chi connectivity index (χ1) is 11.7. The molecule has 0 atom stereocenters. The Balaban J connectivity index is 0.00000182. The van der Waals surface area contributed by atoms with Crippen molar-refractivity contribution >= 4 is 10.8 Å². The molecule has 3 aromatic rings. The van der Waals surface area contributed by atoms with Gasteiger partial charge in [0.25, 0.3) is 0 Å². The number of pyridine rings is 1. The minimum Gasteiger partial charge on any atom is -1.00 e. The molecule has 0 fully saturated rings. The second-order valence-corrected chi connectivity index (χ2v) is 5.93. The zero-order valence-corrected chi connectivity index (χ0v) is 15.3. The van der Waals surface area contributed by atoms with Crippen LogP contribution in [-0.4, -0.2) is 21.3 Å². The summed E-state index contributed by atoms with van der Waals surface area (Å²) in [6.07, 6.45) is 3.15. The van der Waals surface area contributed by atoms with Crippen molar-refractivity contribution in [2.24, 2.45) is 0 Å². The van der Waals surface area contributed by atoms with E-state index in [0.29, 0.717) is 0 Å². The van der Waals surface area contributed by atoms with Crippen LogP contribution in [-0.2, 0) is 13.0 Å². The van der Waals surface area contributed by atoms with Crippen LogP contribution < -0.4 is 31.2 Å². The summed E-state index contributed by atoms with van der Waals surface area (Å²) in [7, 11) is 5.06. The van der Waals surface area contributed by atoms with E-state index in [2.05, 4.69) is 35.0 Å². The smallest absolute Gasteiger partial charge is 0.213 e. The lowest BCUT2D eigenvalue weighted by molar-refractivity contribution is -0.686. The minimum atomic E-state index is 0. The molecule has 0 bridgehead atoms. The predicted molar refractivity (Wildman–Crippen MR) is 92.9 cm³/mol. The van der Waals surface area contributed by atoms with Crippen molar-refractivity contribution in [1.82, 2.24) is 0 Å². The van der Waals surface area contributed by atoms with Crippen molar-refractivity contribution < 1.29 is 31.2 Å². The molecule has 0 amide bonds. The lowest BCUT2D eigenvalue weighted by atomic mass is 9.95. The summed E-state index contributed by atoms with van der Waals surface area (Å²) in [6.45, 7) is 0.936. The lowest BCUT2D eigenvalue weighted by Crippen LogP contribution is -3.00. The van der Waals surface area contributed by atoms with E-state index in [1.807, 2.05) is 12.1 Å². The second kappa shape index (κ2) is 6.81. The van der Waals surface area contributed by atoms with E-state index < -0.39 is 0 Å². The van der Waals surface area contributed by atoms with Gasteiger partial charge in [-0.3, -0.25) is 0 Å². The Bertz CT molecular complexity index is 940. The first-order valence-electron chi connectivity index (χ1n) is 8.00. The van der Waals surface area contributed by atoms with Gasteiger partial charge in [-0.05, 0) is 41.3 Å². The van der Waals surface area contributed by atoms with Crippen molar-refractivity contribution in [2.75, 3.05) is 21.3 Å². The van der Waals surface area contributed by atoms with Gasteiger partial charge in [-0.25, -0.2) is 0 Å². The van der Waals surface area contributed by atoms with Crippen molar-refractivity contribution in [3.63, 3.8) is 0 Å². The monoisotopic (exact) mass is 357 g/mol. The Morgan fingerprint density at radius 1 is 0.920 bits per heavy atom. The zero-order valence-electron chi connectivity index (χ0n) is 14.5. The van der Waals surface area contributed by atoms with E-state index in [0.717, 1.165) is 41.0 Å². The summed E-state index contributed by atoms with van der Waals surface area (Å²) in [6, 6.07) is 12.6. The number of halogens is 1. The van der Waals surface area contributed by atoms with Crippen LogP contribution in [0.1, 0.15) is 5.56 Å². The Morgan fingerprint density at radius 2 is 1.76 bits per heavy atom. The molecule has 0 saturated carbocycles. The van der Waals surface area contributed by atoms with E-state index >= 15 is 0 Å². The minimum absolute atomic E-state index is 0. The van der Waals surface area contributed by atoms with Gasteiger partial charge in [0.2, 0.25) is 5.69 Å². The topological polar surface area (TPSA) is 31.6 Å². The normalized spacial score (nSPS) is 12.0. The first-order valence-corrected chi connectivity index (χ1v) is 8.00. The van der Waals surface area contributed by atoms with Gasteiger partial charge in [-0.2, -0.15) is 4.57 Å². The number of ether oxygens (including phenoxy) is 3. The second-order valence-electron chi connectivity index (χ2n) is 5.93. The number of hydrogen-bond donors (Lipinski definition) is 0. The van der Waals surface area contributed by atoms with Crippen LogP contribution >= 0.6 is 0 Å². The standard InChI is InChI=1S/C20H20NO3.ClH/c1-22-15-5-6-16-14(10-15)8-9-21-12-17-13(11-18(16)21)4-7-19(23-2)20(17)24-3;/h4-7,10-12H,8-9H2,1-3H3;1H/q+1;/p-1. The number of rotatable bonds is 3. The number of benzene rings is 2. The molecule has 0 spiro atoms. The van der Waals surface area contributed by atoms with Gasteiger partial charge in [-0.15, -0.1) is 0 Å². The maximum absolute atomic E-state index is 5.59. The number of nitrogens with zero attached hydrogens (tertiary/aromatic N) is 1. The molecule has 0 radical (unpaired) electrons. The molecule has 1 aliphatic heterocycles. The molecule has 4 nitrogen and oxygen atoms in total. The molecule has 2 heterocycles. The highest BCUT2D eigenvalue weighted by atomic mass is 35.5. The van der Waals surface area contributed by atoms with Gasteiger partial charge >= 0.3 is 0 Å². The average Bonchev–Trinajstić information content (AvgIpc) is 2.64. The number of aromatic nitrogens is 1. The highest BCUT2D eigenvalue weighted by Gasteiger charge is 2.25. The van der Waals surface area contributed by atoms with Crippen molar-refractivity contribution in [2.45, 2.75) is 13.0 Å². The Hall–Kier alpha value is -2.46. The van der Waals surface area contributed by atoms with Crippen LogP contribution in [0.5, 0.6) is 17.2 Å². The Morgan fingerprint density at radius 3 is 2.48 bits per heavy atom. The largest absolute Gasteiger partial charge is 1.00 e. The summed E-state index contributed by atoms with van der Waals surface area (Å²) < 4.78 is 18.7. The van der Waals surface area contributed by atoms with Crippen molar-refractivity contribution in [3.8, 4) is 28.5 Å². The zero-order chi connectivity index (χ0) is 16.7. The number of aryl methyl sites for hydroxylation is 2. The van der Waals surface area contributed by atoms with Crippen LogP contribution in [0, 0.1) is 0 Å². The molecule has 1 aromatic heterocycles. The molecule has 5 heteroatoms. The van der Waals surface area contributed by atoms with E-state index in [1.54, 1.807) is 21.3 Å². The summed E-state index contributed by atoms with van der Waals surface area (Å²) in [5, 5.41) is 2.21. The van der Waals surface area contributed by atoms with Gasteiger partial charge in [0, 0.05) is 18.1 Å². The number of methoxy groups -OCH3 is 3. The third kappa shape index (κ3) is 2.76. The Kier molecular flexibility index (Phi) is 4.73. The molecule has 25 heavy (non-hydrogen) atoms. The molecule has 2 aromatic carbocycles. The van der Waals surface area contributed by atoms with Crippen molar-refractivity contribution in [1.29, 1.82) is 0 Å². The van der Waals surface area contributed by atoms with Gasteiger partial charge < -0.3 is 26.6 Å². The SMILES string of the molecule is COc1ccc2c(c1)CC[n+]1cc3c(OC)c(OC)ccc3cc1-2.[Cl-]. The van der Waals surface area contributed by atoms with Gasteiger partial charge in [0.15, 0.2) is 24.2 Å². The summed E-state index contributed by atoms with van der Waals surface area (Å²) in [5.41, 5.74) is 3.81. The van der Waals surface area contributed by atoms with Gasteiger partial charge in [0.05, 0.1) is 26.7 Å². The van der Waals surface area contributed by atoms with Crippen LogP contribution in [0.2, 0.25) is 0 Å². The molecule has 130 valence electrons. The predicted octanol–water partition coefficient (Wildman–Crippen LogP) is 0.380. The summed E-state index contributed by atoms with van der Waals surface area (Å²) >= 11 is 0. The fourth-order valence-electron chi connectivity index (χ4n) is 3.49. The van der Waals surface area contributed by atoms with E-state index in [1.165, 1.54) is 16.8 Å². The third-order valence-corrected chi connectivity index (χ3v) is 4.71. The first kappa shape index (κ1) is 17.4. The highest BCUT2D eigenvalue weighted by Crippen LogP contribution is 2.37. The molecule has 0 aliphatic carbocycles. The van der Waals surface area contributed by atoms with E-state index in [-0.39, 0.29) is 12.4 Å². The quantitative estimate of drug-likeness (QED) is 0.635. The molecule has 1 aliphatic rings. The summed E-state index contributed by atoms with van der Waals surface area (Å²) in [4.78, 5) is 0. The van der Waals surface area contributed by atoms with E-state index in [4.69, 9.17) is 14.2 Å². The third-order valence-electron chi connectivity index (χ3n) is 4.71. The number of hydrogen-bond acceptors (Lipinski definition) is 3. The molecule has 0 unspecified atom stereocenters. The van der Waals surface area contributed by atoms with Crippen molar-refractivity contribution in [3.05, 3.63) is 48.2 Å². The molecular weight excluding hydrogens is 338 g/mol. The molecular formula is C20H20ClNO3. The van der Waals surface area contributed by atoms with Gasteiger partial charge in [0.1, 0.15) is 5.75 Å². The van der Waals surface area contributed by atoms with Crippen LogP contribution in [0.4, 0.5) is 0 Å². The van der Waals surface area contributed by atoms with Crippen LogP contribution in [0.3, 0.4) is 0 Å². The maximum Gasteiger partial charge on any atom is 0.213 e. The average molecular weight is 358 g/mol. The van der Waals surface area contributed by atoms with Crippen LogP contribution in [0.25, 0.3) is 22.0 Å². The molecule has 4 rings (SSSR count). The Labute approximate surface area is 153 Å². The number of fused-ring (bicyclic) bond motifs is 4. The lowest BCUT2D eigenvalue weighted by Gasteiger charge is -2.17.